The van der Waals surface area contributed by atoms with Crippen molar-refractivity contribution in [3.63, 3.8) is 0 Å². The third-order valence-corrected chi connectivity index (χ3v) is 3.92. The van der Waals surface area contributed by atoms with Crippen LogP contribution in [-0.2, 0) is 9.84 Å². The van der Waals surface area contributed by atoms with Crippen LogP contribution in [-0.4, -0.2) is 20.5 Å². The first kappa shape index (κ1) is 14.2. The van der Waals surface area contributed by atoms with Crippen LogP contribution in [0.15, 0.2) is 65.6 Å². The molecule has 0 amide bonds. The van der Waals surface area contributed by atoms with Gasteiger partial charge < -0.3 is 0 Å². The molecule has 0 fully saturated rings. The minimum absolute atomic E-state index is 0.158. The summed E-state index contributed by atoms with van der Waals surface area (Å²) < 4.78 is 22.7. The summed E-state index contributed by atoms with van der Waals surface area (Å²) in [6.45, 7) is 0. The van der Waals surface area contributed by atoms with Gasteiger partial charge in [-0.3, -0.25) is 4.79 Å². The normalized spacial score (nSPS) is 11.7. The molecule has 0 atom stereocenters. The molecule has 2 aromatic rings. The molecular weight excluding hydrogens is 272 g/mol. The monoisotopic (exact) mass is 286 g/mol. The molecule has 102 valence electrons. The molecule has 2 rings (SSSR count). The van der Waals surface area contributed by atoms with Crippen LogP contribution in [0.5, 0.6) is 0 Å². The van der Waals surface area contributed by atoms with Crippen molar-refractivity contribution in [3.8, 4) is 0 Å². The number of benzene rings is 2. The number of carbonyl (C=O) groups is 1. The van der Waals surface area contributed by atoms with Crippen LogP contribution in [0.3, 0.4) is 0 Å². The van der Waals surface area contributed by atoms with Gasteiger partial charge in [-0.05, 0) is 35.9 Å². The van der Waals surface area contributed by atoms with E-state index in [4.69, 9.17) is 0 Å². The first-order valence-corrected chi connectivity index (χ1v) is 7.93. The van der Waals surface area contributed by atoms with Gasteiger partial charge in [0.25, 0.3) is 0 Å². The van der Waals surface area contributed by atoms with Crippen molar-refractivity contribution in [3.05, 3.63) is 71.8 Å². The van der Waals surface area contributed by atoms with E-state index in [1.54, 1.807) is 6.08 Å². The van der Waals surface area contributed by atoms with E-state index in [0.717, 1.165) is 11.8 Å². The number of rotatable bonds is 4. The molecule has 4 heteroatoms. The van der Waals surface area contributed by atoms with Crippen LogP contribution in [0.1, 0.15) is 15.9 Å². The van der Waals surface area contributed by atoms with Gasteiger partial charge in [0.15, 0.2) is 15.6 Å². The van der Waals surface area contributed by atoms with Crippen molar-refractivity contribution >= 4 is 21.7 Å². The molecule has 0 aliphatic carbocycles. The van der Waals surface area contributed by atoms with Crippen LogP contribution in [0.4, 0.5) is 0 Å². The van der Waals surface area contributed by atoms with Crippen molar-refractivity contribution in [2.24, 2.45) is 0 Å². The van der Waals surface area contributed by atoms with E-state index in [1.165, 1.54) is 30.3 Å². The quantitative estimate of drug-likeness (QED) is 0.641. The van der Waals surface area contributed by atoms with E-state index in [0.29, 0.717) is 5.56 Å². The van der Waals surface area contributed by atoms with E-state index in [2.05, 4.69) is 0 Å². The number of ketones is 1. The lowest BCUT2D eigenvalue weighted by atomic mass is 10.1. The highest BCUT2D eigenvalue weighted by Crippen LogP contribution is 2.11. The summed E-state index contributed by atoms with van der Waals surface area (Å²) in [5.74, 6) is -0.158. The summed E-state index contributed by atoms with van der Waals surface area (Å²) in [6.07, 6.45) is 4.34. The maximum absolute atomic E-state index is 11.9. The largest absolute Gasteiger partial charge is 0.289 e. The summed E-state index contributed by atoms with van der Waals surface area (Å²) in [6, 6.07) is 15.4. The number of allylic oxidation sites excluding steroid dienone is 1. The van der Waals surface area contributed by atoms with Gasteiger partial charge in [0, 0.05) is 11.8 Å². The fourth-order valence-corrected chi connectivity index (χ4v) is 2.33. The van der Waals surface area contributed by atoms with Crippen LogP contribution in [0, 0.1) is 0 Å². The van der Waals surface area contributed by atoms with Crippen LogP contribution < -0.4 is 0 Å². The molecule has 0 heterocycles. The van der Waals surface area contributed by atoms with Gasteiger partial charge in [-0.15, -0.1) is 0 Å². The van der Waals surface area contributed by atoms with Crippen LogP contribution >= 0.6 is 0 Å². The molecule has 0 aliphatic heterocycles. The van der Waals surface area contributed by atoms with Crippen molar-refractivity contribution in [1.82, 2.24) is 0 Å². The minimum Gasteiger partial charge on any atom is -0.289 e. The van der Waals surface area contributed by atoms with Gasteiger partial charge >= 0.3 is 0 Å². The van der Waals surface area contributed by atoms with Crippen molar-refractivity contribution in [2.75, 3.05) is 6.26 Å². The number of hydrogen-bond donors (Lipinski definition) is 0. The zero-order chi connectivity index (χ0) is 14.6. The molecular formula is C16H14O3S. The molecule has 0 unspecified atom stereocenters. The Morgan fingerprint density at radius 1 is 0.950 bits per heavy atom. The summed E-state index contributed by atoms with van der Waals surface area (Å²) in [4.78, 5) is 12.2. The Balaban J connectivity index is 2.16. The van der Waals surface area contributed by atoms with Gasteiger partial charge in [-0.2, -0.15) is 0 Å². The molecule has 0 aliphatic rings. The standard InChI is InChI=1S/C16H14O3S/c1-20(18,19)15-10-8-14(9-11-15)16(17)12-7-13-5-3-2-4-6-13/h2-12H,1H3/b12-7+. The van der Waals surface area contributed by atoms with Crippen molar-refractivity contribution < 1.29 is 13.2 Å². The van der Waals surface area contributed by atoms with Gasteiger partial charge in [0.05, 0.1) is 4.90 Å². The lowest BCUT2D eigenvalue weighted by Gasteiger charge is -1.99. The fraction of sp³-hybridized carbons (Fsp3) is 0.0625. The maximum Gasteiger partial charge on any atom is 0.185 e. The van der Waals surface area contributed by atoms with Gasteiger partial charge in [-0.25, -0.2) is 8.42 Å². The Hall–Kier alpha value is -2.20. The highest BCUT2D eigenvalue weighted by molar-refractivity contribution is 7.90. The van der Waals surface area contributed by atoms with E-state index in [9.17, 15) is 13.2 Å². The van der Waals surface area contributed by atoms with E-state index >= 15 is 0 Å². The molecule has 0 bridgehead atoms. The Kier molecular flexibility index (Phi) is 4.15. The number of carbonyl (C=O) groups excluding carboxylic acids is 1. The average Bonchev–Trinajstić information content (AvgIpc) is 2.45. The lowest BCUT2D eigenvalue weighted by molar-refractivity contribution is 0.104. The predicted molar refractivity (Wildman–Crippen MR) is 79.4 cm³/mol. The van der Waals surface area contributed by atoms with E-state index < -0.39 is 9.84 Å². The third-order valence-electron chi connectivity index (χ3n) is 2.79. The summed E-state index contributed by atoms with van der Waals surface area (Å²) >= 11 is 0. The van der Waals surface area contributed by atoms with E-state index in [-0.39, 0.29) is 10.7 Å². The Morgan fingerprint density at radius 3 is 2.10 bits per heavy atom. The molecule has 0 saturated heterocycles. The fourth-order valence-electron chi connectivity index (χ4n) is 1.70. The zero-order valence-electron chi connectivity index (χ0n) is 11.0. The molecule has 2 aromatic carbocycles. The van der Waals surface area contributed by atoms with Crippen molar-refractivity contribution in [2.45, 2.75) is 4.90 Å². The minimum atomic E-state index is -3.23. The third kappa shape index (κ3) is 3.65. The number of hydrogen-bond acceptors (Lipinski definition) is 3. The second-order valence-corrected chi connectivity index (χ2v) is 6.42. The second kappa shape index (κ2) is 5.84. The SMILES string of the molecule is CS(=O)(=O)c1ccc(C(=O)/C=C/c2ccccc2)cc1. The van der Waals surface area contributed by atoms with Gasteiger partial charge in [-0.1, -0.05) is 36.4 Å². The maximum atomic E-state index is 11.9. The summed E-state index contributed by atoms with van der Waals surface area (Å²) in [7, 11) is -3.23. The van der Waals surface area contributed by atoms with Crippen LogP contribution in [0.25, 0.3) is 6.08 Å². The Labute approximate surface area is 118 Å². The molecule has 0 N–H and O–H groups in total. The zero-order valence-corrected chi connectivity index (χ0v) is 11.8. The summed E-state index contributed by atoms with van der Waals surface area (Å²) in [5, 5.41) is 0. The molecule has 0 spiro atoms. The highest BCUT2D eigenvalue weighted by atomic mass is 32.2. The predicted octanol–water partition coefficient (Wildman–Crippen LogP) is 2.99. The number of sulfone groups is 1. The second-order valence-electron chi connectivity index (χ2n) is 4.40. The topological polar surface area (TPSA) is 51.2 Å². The molecule has 20 heavy (non-hydrogen) atoms. The first-order valence-electron chi connectivity index (χ1n) is 6.04. The van der Waals surface area contributed by atoms with Gasteiger partial charge in [0.2, 0.25) is 0 Å². The Bertz CT molecular complexity index is 727. The molecule has 0 aromatic heterocycles. The molecule has 0 radical (unpaired) electrons. The summed E-state index contributed by atoms with van der Waals surface area (Å²) in [5.41, 5.74) is 1.40. The van der Waals surface area contributed by atoms with Gasteiger partial charge in [0.1, 0.15) is 0 Å². The molecule has 0 saturated carbocycles. The first-order chi connectivity index (χ1) is 9.47. The van der Waals surface area contributed by atoms with Crippen molar-refractivity contribution in [1.29, 1.82) is 0 Å². The van der Waals surface area contributed by atoms with E-state index in [1.807, 2.05) is 30.3 Å². The lowest BCUT2D eigenvalue weighted by Crippen LogP contribution is -1.99. The smallest absolute Gasteiger partial charge is 0.185 e. The highest BCUT2D eigenvalue weighted by Gasteiger charge is 2.08. The average molecular weight is 286 g/mol. The van der Waals surface area contributed by atoms with Crippen LogP contribution in [0.2, 0.25) is 0 Å². The Morgan fingerprint density at radius 2 is 1.55 bits per heavy atom. The molecule has 3 nitrogen and oxygen atoms in total.